The van der Waals surface area contributed by atoms with Gasteiger partial charge >= 0.3 is 0 Å². The summed E-state index contributed by atoms with van der Waals surface area (Å²) >= 11 is 0. The molecule has 0 amide bonds. The van der Waals surface area contributed by atoms with Gasteiger partial charge in [0.05, 0.1) is 9.79 Å². The van der Waals surface area contributed by atoms with Gasteiger partial charge in [-0.3, -0.25) is 0 Å². The second-order valence-corrected chi connectivity index (χ2v) is 12.3. The second kappa shape index (κ2) is 15.5. The normalized spacial score (nSPS) is 12.5. The molecule has 0 spiro atoms. The largest absolute Gasteiger partial charge is 0.309 e. The zero-order valence-electron chi connectivity index (χ0n) is 22.5. The molecule has 37 heavy (non-hydrogen) atoms. The molecule has 0 aromatic heterocycles. The third-order valence-electron chi connectivity index (χ3n) is 6.35. The maximum Gasteiger partial charge on any atom is 0.240 e. The Morgan fingerprint density at radius 1 is 0.568 bits per heavy atom. The predicted molar refractivity (Wildman–Crippen MR) is 149 cm³/mol. The highest BCUT2D eigenvalue weighted by molar-refractivity contribution is 7.89. The number of nitrogens with one attached hydrogen (secondary N) is 3. The lowest BCUT2D eigenvalue weighted by Gasteiger charge is -2.18. The van der Waals surface area contributed by atoms with Crippen LogP contribution >= 0.6 is 0 Å². The third-order valence-corrected chi connectivity index (χ3v) is 9.31. The van der Waals surface area contributed by atoms with Gasteiger partial charge in [-0.15, -0.1) is 0 Å². The Hall–Kier alpha value is -1.86. The Kier molecular flexibility index (Phi) is 13.2. The van der Waals surface area contributed by atoms with Crippen molar-refractivity contribution in [1.29, 1.82) is 0 Å². The molecule has 208 valence electrons. The first kappa shape index (κ1) is 31.4. The number of sulfonamides is 2. The van der Waals surface area contributed by atoms with Crippen molar-refractivity contribution in [2.75, 3.05) is 52.4 Å². The topological polar surface area (TPSA) is 111 Å². The van der Waals surface area contributed by atoms with Gasteiger partial charge in [0, 0.05) is 39.3 Å². The SMILES string of the molecule is CCN(CC)CCNS(=O)(=O)c1ccc(CNCc2ccc(S(=O)(=O)NCCN(CC)CC)cc2)cc1. The number of benzene rings is 2. The number of likely N-dealkylation sites (N-methyl/N-ethyl adjacent to an activating group) is 2. The van der Waals surface area contributed by atoms with E-state index in [0.29, 0.717) is 39.3 Å². The Morgan fingerprint density at radius 3 is 1.19 bits per heavy atom. The van der Waals surface area contributed by atoms with Crippen LogP contribution in [0.1, 0.15) is 38.8 Å². The summed E-state index contributed by atoms with van der Waals surface area (Å²) in [6.07, 6.45) is 0. The van der Waals surface area contributed by atoms with Crippen LogP contribution in [0.4, 0.5) is 0 Å². The van der Waals surface area contributed by atoms with Crippen molar-refractivity contribution < 1.29 is 16.8 Å². The summed E-state index contributed by atoms with van der Waals surface area (Å²) in [7, 11) is -7.07. The molecule has 3 N–H and O–H groups in total. The first-order valence-electron chi connectivity index (χ1n) is 13.0. The number of hydrogen-bond donors (Lipinski definition) is 3. The van der Waals surface area contributed by atoms with E-state index >= 15 is 0 Å². The van der Waals surface area contributed by atoms with Crippen molar-refractivity contribution in [3.63, 3.8) is 0 Å². The van der Waals surface area contributed by atoms with Crippen LogP contribution in [0.5, 0.6) is 0 Å². The fourth-order valence-corrected chi connectivity index (χ4v) is 5.89. The maximum atomic E-state index is 12.5. The van der Waals surface area contributed by atoms with E-state index in [1.165, 1.54) is 0 Å². The molecule has 9 nitrogen and oxygen atoms in total. The first-order chi connectivity index (χ1) is 17.6. The molecule has 2 rings (SSSR count). The lowest BCUT2D eigenvalue weighted by atomic mass is 10.2. The van der Waals surface area contributed by atoms with Gasteiger partial charge in [0.1, 0.15) is 0 Å². The minimum absolute atomic E-state index is 0.248. The number of rotatable bonds is 18. The Labute approximate surface area is 223 Å². The molecule has 0 heterocycles. The van der Waals surface area contributed by atoms with E-state index < -0.39 is 20.0 Å². The molecule has 0 aliphatic carbocycles. The molecule has 0 fully saturated rings. The molecule has 11 heteroatoms. The van der Waals surface area contributed by atoms with E-state index in [-0.39, 0.29) is 9.79 Å². The Bertz CT molecular complexity index is 1040. The van der Waals surface area contributed by atoms with E-state index in [4.69, 9.17) is 0 Å². The molecular formula is C26H43N5O4S2. The first-order valence-corrected chi connectivity index (χ1v) is 15.9. The number of nitrogens with zero attached hydrogens (tertiary/aromatic N) is 2. The molecule has 0 aliphatic rings. The lowest BCUT2D eigenvalue weighted by Crippen LogP contribution is -2.34. The summed E-state index contributed by atoms with van der Waals surface area (Å²) in [5, 5.41) is 3.31. The van der Waals surface area contributed by atoms with Crippen LogP contribution in [0.3, 0.4) is 0 Å². The fourth-order valence-electron chi connectivity index (χ4n) is 3.85. The molecule has 2 aromatic rings. The van der Waals surface area contributed by atoms with Gasteiger partial charge < -0.3 is 15.1 Å². The van der Waals surface area contributed by atoms with Crippen molar-refractivity contribution in [2.45, 2.75) is 50.6 Å². The van der Waals surface area contributed by atoms with Crippen molar-refractivity contribution >= 4 is 20.0 Å². The molecular weight excluding hydrogens is 510 g/mol. The minimum Gasteiger partial charge on any atom is -0.309 e. The van der Waals surface area contributed by atoms with Crippen LogP contribution in [-0.4, -0.2) is 79.0 Å². The molecule has 0 radical (unpaired) electrons. The van der Waals surface area contributed by atoms with E-state index in [9.17, 15) is 16.8 Å². The highest BCUT2D eigenvalue weighted by Crippen LogP contribution is 2.12. The van der Waals surface area contributed by atoms with Gasteiger partial charge in [0.25, 0.3) is 0 Å². The summed E-state index contributed by atoms with van der Waals surface area (Å²) in [5.74, 6) is 0. The second-order valence-electron chi connectivity index (χ2n) is 8.74. The van der Waals surface area contributed by atoms with E-state index in [1.54, 1.807) is 48.5 Å². The van der Waals surface area contributed by atoms with Gasteiger partial charge in [0.2, 0.25) is 20.0 Å². The minimum atomic E-state index is -3.54. The van der Waals surface area contributed by atoms with Crippen molar-refractivity contribution in [1.82, 2.24) is 24.6 Å². The fraction of sp³-hybridized carbons (Fsp3) is 0.538. The van der Waals surface area contributed by atoms with Gasteiger partial charge in [-0.2, -0.15) is 0 Å². The summed E-state index contributed by atoms with van der Waals surface area (Å²) in [4.78, 5) is 4.82. The Morgan fingerprint density at radius 2 is 0.892 bits per heavy atom. The highest BCUT2D eigenvalue weighted by atomic mass is 32.2. The van der Waals surface area contributed by atoms with Gasteiger partial charge in [0.15, 0.2) is 0 Å². The zero-order valence-corrected chi connectivity index (χ0v) is 24.2. The summed E-state index contributed by atoms with van der Waals surface area (Å²) in [6.45, 7) is 15.0. The summed E-state index contributed by atoms with van der Waals surface area (Å²) in [5.41, 5.74) is 1.91. The zero-order chi connectivity index (χ0) is 27.3. The molecule has 2 aromatic carbocycles. The summed E-state index contributed by atoms with van der Waals surface area (Å²) < 4.78 is 55.4. The molecule has 0 unspecified atom stereocenters. The standard InChI is InChI=1S/C26H43N5O4S2/c1-5-30(6-2)19-17-28-36(32,33)25-13-9-23(10-14-25)21-27-22-24-11-15-26(16-12-24)37(34,35)29-18-20-31(7-3)8-4/h9-16,27-29H,5-8,17-22H2,1-4H3. The van der Waals surface area contributed by atoms with Crippen molar-refractivity contribution in [2.24, 2.45) is 0 Å². The predicted octanol–water partition coefficient (Wildman–Crippen LogP) is 2.22. The van der Waals surface area contributed by atoms with Gasteiger partial charge in [-0.05, 0) is 61.6 Å². The van der Waals surface area contributed by atoms with Gasteiger partial charge in [-0.1, -0.05) is 52.0 Å². The highest BCUT2D eigenvalue weighted by Gasteiger charge is 2.15. The van der Waals surface area contributed by atoms with Crippen LogP contribution in [0.15, 0.2) is 58.3 Å². The van der Waals surface area contributed by atoms with Crippen molar-refractivity contribution in [3.8, 4) is 0 Å². The molecule has 0 saturated heterocycles. The van der Waals surface area contributed by atoms with Crippen LogP contribution < -0.4 is 14.8 Å². The van der Waals surface area contributed by atoms with Crippen LogP contribution in [0.25, 0.3) is 0 Å². The average Bonchev–Trinajstić information content (AvgIpc) is 2.90. The van der Waals surface area contributed by atoms with E-state index in [0.717, 1.165) is 37.3 Å². The van der Waals surface area contributed by atoms with E-state index in [1.807, 2.05) is 0 Å². The molecule has 0 aliphatic heterocycles. The van der Waals surface area contributed by atoms with Gasteiger partial charge in [-0.25, -0.2) is 26.3 Å². The lowest BCUT2D eigenvalue weighted by molar-refractivity contribution is 0.309. The third kappa shape index (κ3) is 10.4. The maximum absolute atomic E-state index is 12.5. The van der Waals surface area contributed by atoms with Crippen LogP contribution in [0, 0.1) is 0 Å². The monoisotopic (exact) mass is 553 g/mol. The molecule has 0 atom stereocenters. The smallest absolute Gasteiger partial charge is 0.240 e. The van der Waals surface area contributed by atoms with Crippen LogP contribution in [0.2, 0.25) is 0 Å². The summed E-state index contributed by atoms with van der Waals surface area (Å²) in [6, 6.07) is 13.6. The van der Waals surface area contributed by atoms with Crippen molar-refractivity contribution in [3.05, 3.63) is 59.7 Å². The average molecular weight is 554 g/mol. The van der Waals surface area contributed by atoms with Crippen LogP contribution in [-0.2, 0) is 33.1 Å². The number of hydrogen-bond acceptors (Lipinski definition) is 7. The van der Waals surface area contributed by atoms with E-state index in [2.05, 4.69) is 52.3 Å². The quantitative estimate of drug-likeness (QED) is 0.260. The Balaban J connectivity index is 1.82. The molecule has 0 saturated carbocycles. The molecule has 0 bridgehead atoms.